The summed E-state index contributed by atoms with van der Waals surface area (Å²) in [7, 11) is 0. The third-order valence-electron chi connectivity index (χ3n) is 6.08. The largest absolute Gasteiger partial charge is 0.461 e. The molecule has 0 radical (unpaired) electrons. The third-order valence-corrected chi connectivity index (χ3v) is 6.08. The van der Waals surface area contributed by atoms with Crippen LogP contribution in [0.4, 0.5) is 0 Å². The first-order valence-electron chi connectivity index (χ1n) is 9.96. The Morgan fingerprint density at radius 3 is 1.29 bits per heavy atom. The molecule has 10 atom stereocenters. The van der Waals surface area contributed by atoms with Crippen LogP contribution in [0.1, 0.15) is 41.5 Å². The van der Waals surface area contributed by atoms with Crippen LogP contribution in [0.2, 0.25) is 0 Å². The van der Waals surface area contributed by atoms with Gasteiger partial charge in [0.2, 0.25) is 0 Å². The molecule has 0 aromatic carbocycles. The summed E-state index contributed by atoms with van der Waals surface area (Å²) < 4.78 is 10.4. The lowest BCUT2D eigenvalue weighted by Gasteiger charge is -2.38. The highest BCUT2D eigenvalue weighted by Gasteiger charge is 2.43. The Hall–Kier alpha value is -1.22. The van der Waals surface area contributed by atoms with Gasteiger partial charge >= 0.3 is 11.9 Å². The topological polar surface area (TPSA) is 134 Å². The number of cyclic esters (lactones) is 2. The van der Waals surface area contributed by atoms with Gasteiger partial charge in [-0.25, -0.2) is 0 Å². The summed E-state index contributed by atoms with van der Waals surface area (Å²) in [5.74, 6) is -2.18. The highest BCUT2D eigenvalue weighted by molar-refractivity contribution is 5.74. The van der Waals surface area contributed by atoms with Crippen molar-refractivity contribution >= 4 is 11.9 Å². The molecular formula is C20H36O8. The second-order valence-corrected chi connectivity index (χ2v) is 8.40. The molecule has 0 saturated carbocycles. The SMILES string of the molecule is C[C@@H]1[C@H](O)[C@H](C)C(=O)O[C@H]1[C@@H](C)CO.C[C@@H]1[C@H](O)[C@H](C)C(=O)O[C@H]1[C@@H](C)CO. The van der Waals surface area contributed by atoms with E-state index in [2.05, 4.69) is 0 Å². The van der Waals surface area contributed by atoms with E-state index < -0.39 is 24.0 Å². The number of carbonyl (C=O) groups is 2. The fraction of sp³-hybridized carbons (Fsp3) is 0.900. The van der Waals surface area contributed by atoms with Gasteiger partial charge in [-0.1, -0.05) is 27.7 Å². The van der Waals surface area contributed by atoms with Gasteiger partial charge in [0.15, 0.2) is 0 Å². The molecule has 2 aliphatic heterocycles. The molecule has 8 nitrogen and oxygen atoms in total. The normalized spacial score (nSPS) is 40.5. The lowest BCUT2D eigenvalue weighted by molar-refractivity contribution is -0.184. The Labute approximate surface area is 166 Å². The number of hydrogen-bond donors (Lipinski definition) is 4. The Balaban J connectivity index is 0.000000280. The van der Waals surface area contributed by atoms with E-state index in [9.17, 15) is 19.8 Å². The number of ether oxygens (including phenoxy) is 2. The number of hydrogen-bond acceptors (Lipinski definition) is 8. The maximum Gasteiger partial charge on any atom is 0.311 e. The van der Waals surface area contributed by atoms with Gasteiger partial charge in [-0.3, -0.25) is 9.59 Å². The third kappa shape index (κ3) is 5.43. The molecule has 4 N–H and O–H groups in total. The van der Waals surface area contributed by atoms with Crippen LogP contribution in [-0.4, -0.2) is 70.0 Å². The van der Waals surface area contributed by atoms with E-state index in [1.807, 2.05) is 13.8 Å². The molecule has 0 unspecified atom stereocenters. The first kappa shape index (κ1) is 24.8. The molecule has 0 spiro atoms. The van der Waals surface area contributed by atoms with Gasteiger partial charge in [-0.15, -0.1) is 0 Å². The number of rotatable bonds is 4. The highest BCUT2D eigenvalue weighted by atomic mass is 16.6. The average Bonchev–Trinajstić information content (AvgIpc) is 2.69. The predicted molar refractivity (Wildman–Crippen MR) is 101 cm³/mol. The molecular weight excluding hydrogens is 368 g/mol. The first-order chi connectivity index (χ1) is 13.0. The standard InChI is InChI=1S/2C10H18O4/c2*1-5(4-11)9-6(2)8(12)7(3)10(13)14-9/h2*5-9,11-12H,4H2,1-3H3/t2*5-,6+,7-,8-,9-/m00/s1. The van der Waals surface area contributed by atoms with E-state index in [0.717, 1.165) is 0 Å². The van der Waals surface area contributed by atoms with E-state index in [4.69, 9.17) is 19.7 Å². The quantitative estimate of drug-likeness (QED) is 0.493. The van der Waals surface area contributed by atoms with E-state index in [0.29, 0.717) is 0 Å². The molecule has 8 heteroatoms. The zero-order chi connectivity index (χ0) is 21.8. The summed E-state index contributed by atoms with van der Waals surface area (Å²) in [6.45, 7) is 10.5. The van der Waals surface area contributed by atoms with Crippen LogP contribution in [0, 0.1) is 35.5 Å². The van der Waals surface area contributed by atoms with Crippen LogP contribution in [0.25, 0.3) is 0 Å². The second kappa shape index (κ2) is 10.5. The highest BCUT2D eigenvalue weighted by Crippen LogP contribution is 2.31. The van der Waals surface area contributed by atoms with E-state index in [1.165, 1.54) is 0 Å². The van der Waals surface area contributed by atoms with Crippen LogP contribution < -0.4 is 0 Å². The minimum atomic E-state index is -0.671. The molecule has 0 aromatic rings. The van der Waals surface area contributed by atoms with Crippen LogP contribution in [0.15, 0.2) is 0 Å². The zero-order valence-corrected chi connectivity index (χ0v) is 17.6. The summed E-state index contributed by atoms with van der Waals surface area (Å²) in [4.78, 5) is 22.6. The van der Waals surface area contributed by atoms with Crippen LogP contribution in [0.3, 0.4) is 0 Å². The summed E-state index contributed by atoms with van der Waals surface area (Å²) in [5.41, 5.74) is 0. The van der Waals surface area contributed by atoms with Gasteiger partial charge in [0.05, 0.1) is 24.0 Å². The fourth-order valence-corrected chi connectivity index (χ4v) is 3.75. The van der Waals surface area contributed by atoms with Gasteiger partial charge < -0.3 is 29.9 Å². The molecule has 0 aliphatic carbocycles. The monoisotopic (exact) mass is 404 g/mol. The van der Waals surface area contributed by atoms with E-state index in [-0.39, 0.29) is 61.0 Å². The number of aliphatic hydroxyl groups is 4. The van der Waals surface area contributed by atoms with Gasteiger partial charge in [0.1, 0.15) is 12.2 Å². The number of carbonyl (C=O) groups excluding carboxylic acids is 2. The van der Waals surface area contributed by atoms with Crippen molar-refractivity contribution in [1.82, 2.24) is 0 Å². The van der Waals surface area contributed by atoms with Crippen molar-refractivity contribution in [1.29, 1.82) is 0 Å². The zero-order valence-electron chi connectivity index (χ0n) is 17.6. The van der Waals surface area contributed by atoms with E-state index >= 15 is 0 Å². The minimum Gasteiger partial charge on any atom is -0.461 e. The van der Waals surface area contributed by atoms with Crippen molar-refractivity contribution in [2.75, 3.05) is 13.2 Å². The second-order valence-electron chi connectivity index (χ2n) is 8.40. The number of esters is 2. The molecule has 0 aromatic heterocycles. The van der Waals surface area contributed by atoms with E-state index in [1.54, 1.807) is 27.7 Å². The maximum absolute atomic E-state index is 11.3. The van der Waals surface area contributed by atoms with Gasteiger partial charge in [-0.05, 0) is 13.8 Å². The number of aliphatic hydroxyl groups excluding tert-OH is 4. The summed E-state index contributed by atoms with van der Waals surface area (Å²) in [6, 6.07) is 0. The molecule has 2 saturated heterocycles. The van der Waals surface area contributed by atoms with Crippen molar-refractivity contribution < 1.29 is 39.5 Å². The lowest BCUT2D eigenvalue weighted by atomic mass is 9.82. The minimum absolute atomic E-state index is 0.0383. The summed E-state index contributed by atoms with van der Waals surface area (Å²) in [6.07, 6.45) is -2.09. The van der Waals surface area contributed by atoms with Crippen LogP contribution >= 0.6 is 0 Å². The van der Waals surface area contributed by atoms with Crippen molar-refractivity contribution in [2.24, 2.45) is 35.5 Å². The molecule has 0 amide bonds. The van der Waals surface area contributed by atoms with Crippen molar-refractivity contribution in [3.63, 3.8) is 0 Å². The Bertz CT molecular complexity index is 478. The predicted octanol–water partition coefficient (Wildman–Crippen LogP) is 0.347. The Morgan fingerprint density at radius 2 is 1.04 bits per heavy atom. The molecule has 164 valence electrons. The Morgan fingerprint density at radius 1 is 0.750 bits per heavy atom. The van der Waals surface area contributed by atoms with Gasteiger partial charge in [0, 0.05) is 36.9 Å². The smallest absolute Gasteiger partial charge is 0.311 e. The van der Waals surface area contributed by atoms with Crippen LogP contribution in [-0.2, 0) is 19.1 Å². The molecule has 2 heterocycles. The van der Waals surface area contributed by atoms with Gasteiger partial charge in [-0.2, -0.15) is 0 Å². The van der Waals surface area contributed by atoms with Crippen molar-refractivity contribution in [3.05, 3.63) is 0 Å². The maximum atomic E-state index is 11.3. The van der Waals surface area contributed by atoms with Crippen molar-refractivity contribution in [2.45, 2.75) is 66.0 Å². The average molecular weight is 405 g/mol. The molecule has 0 bridgehead atoms. The first-order valence-corrected chi connectivity index (χ1v) is 9.96. The molecule has 2 rings (SSSR count). The fourth-order valence-electron chi connectivity index (χ4n) is 3.75. The van der Waals surface area contributed by atoms with Crippen LogP contribution in [0.5, 0.6) is 0 Å². The Kier molecular flexibility index (Phi) is 9.33. The lowest BCUT2D eigenvalue weighted by Crippen LogP contribution is -2.49. The molecule has 2 aliphatic rings. The molecule has 28 heavy (non-hydrogen) atoms. The molecule has 2 fully saturated rings. The van der Waals surface area contributed by atoms with Crippen molar-refractivity contribution in [3.8, 4) is 0 Å². The summed E-state index contributed by atoms with van der Waals surface area (Å²) >= 11 is 0. The summed E-state index contributed by atoms with van der Waals surface area (Å²) in [5, 5.41) is 37.4. The van der Waals surface area contributed by atoms with Gasteiger partial charge in [0.25, 0.3) is 0 Å².